The number of rotatable bonds is 14. The van der Waals surface area contributed by atoms with Gasteiger partial charge in [0.05, 0.1) is 10.6 Å². The number of unbranched alkanes of at least 4 members (excludes halogenated alkanes) is 1. The van der Waals surface area contributed by atoms with Gasteiger partial charge < -0.3 is 10.2 Å². The Morgan fingerprint density at radius 2 is 1.40 bits per heavy atom. The second kappa shape index (κ2) is 15.5. The number of anilines is 1. The molecule has 0 saturated carbocycles. The fourth-order valence-corrected chi connectivity index (χ4v) is 6.77. The Hall–Kier alpha value is -4.43. The average Bonchev–Trinajstić information content (AvgIpc) is 3.03. The van der Waals surface area contributed by atoms with Gasteiger partial charge in [-0.25, -0.2) is 8.42 Å². The first-order valence-electron chi connectivity index (χ1n) is 15.4. The molecule has 0 aliphatic carbocycles. The van der Waals surface area contributed by atoms with Crippen molar-refractivity contribution in [3.05, 3.63) is 131 Å². The highest BCUT2D eigenvalue weighted by Gasteiger charge is 2.35. The van der Waals surface area contributed by atoms with Crippen LogP contribution in [-0.4, -0.2) is 44.3 Å². The van der Waals surface area contributed by atoms with Crippen LogP contribution in [0.15, 0.2) is 108 Å². The molecule has 0 aliphatic rings. The molecule has 4 aromatic carbocycles. The summed E-state index contributed by atoms with van der Waals surface area (Å²) in [6.07, 6.45) is 2.01. The first-order chi connectivity index (χ1) is 21.6. The van der Waals surface area contributed by atoms with Crippen LogP contribution in [0, 0.1) is 20.8 Å². The molecule has 0 spiro atoms. The zero-order valence-corrected chi connectivity index (χ0v) is 27.4. The third kappa shape index (κ3) is 8.82. The molecule has 0 bridgehead atoms. The van der Waals surface area contributed by atoms with E-state index in [0.29, 0.717) is 12.2 Å². The average molecular weight is 626 g/mol. The molecule has 4 rings (SSSR count). The SMILES string of the molecule is CCCCNC(=O)C(Cc1ccccc1)N(Cc1ccc(C)cc1)C(=O)CN(c1ccc(C)cc1C)S(=O)(=O)c1ccccc1. The topological polar surface area (TPSA) is 86.8 Å². The number of carbonyl (C=O) groups excluding carboxylic acids is 2. The van der Waals surface area contributed by atoms with Crippen molar-refractivity contribution in [2.75, 3.05) is 17.4 Å². The van der Waals surface area contributed by atoms with Gasteiger partial charge in [-0.05, 0) is 62.1 Å². The largest absolute Gasteiger partial charge is 0.354 e. The van der Waals surface area contributed by atoms with Crippen molar-refractivity contribution in [2.24, 2.45) is 0 Å². The molecule has 236 valence electrons. The van der Waals surface area contributed by atoms with E-state index in [1.807, 2.05) is 87.5 Å². The number of aryl methyl sites for hydroxylation is 3. The summed E-state index contributed by atoms with van der Waals surface area (Å²) in [7, 11) is -4.13. The van der Waals surface area contributed by atoms with Gasteiger partial charge in [-0.15, -0.1) is 0 Å². The molecule has 1 unspecified atom stereocenters. The van der Waals surface area contributed by atoms with E-state index in [1.54, 1.807) is 24.3 Å². The van der Waals surface area contributed by atoms with Gasteiger partial charge in [-0.3, -0.25) is 13.9 Å². The smallest absolute Gasteiger partial charge is 0.264 e. The minimum Gasteiger partial charge on any atom is -0.354 e. The standard InChI is InChI=1S/C37H43N3O4S/c1-5-6-23-38-37(42)35(25-31-13-9-7-10-14-31)39(26-32-20-17-28(2)18-21-32)36(41)27-40(34-22-19-29(3)24-30(34)4)45(43,44)33-15-11-8-12-16-33/h7-22,24,35H,5-6,23,25-27H2,1-4H3,(H,38,42). The number of sulfonamides is 1. The van der Waals surface area contributed by atoms with Crippen molar-refractivity contribution in [3.8, 4) is 0 Å². The third-order valence-corrected chi connectivity index (χ3v) is 9.58. The molecule has 7 nitrogen and oxygen atoms in total. The molecule has 1 N–H and O–H groups in total. The van der Waals surface area contributed by atoms with Crippen LogP contribution in [0.5, 0.6) is 0 Å². The zero-order valence-electron chi connectivity index (χ0n) is 26.6. The van der Waals surface area contributed by atoms with Crippen molar-refractivity contribution in [3.63, 3.8) is 0 Å². The predicted octanol–water partition coefficient (Wildman–Crippen LogP) is 6.36. The maximum Gasteiger partial charge on any atom is 0.264 e. The third-order valence-electron chi connectivity index (χ3n) is 7.81. The second-order valence-electron chi connectivity index (χ2n) is 11.5. The molecule has 0 radical (unpaired) electrons. The zero-order chi connectivity index (χ0) is 32.4. The molecular formula is C37H43N3O4S. The van der Waals surface area contributed by atoms with Crippen LogP contribution in [0.2, 0.25) is 0 Å². The molecule has 0 aliphatic heterocycles. The van der Waals surface area contributed by atoms with Gasteiger partial charge in [0.15, 0.2) is 0 Å². The van der Waals surface area contributed by atoms with Gasteiger partial charge in [0.25, 0.3) is 10.0 Å². The van der Waals surface area contributed by atoms with E-state index >= 15 is 0 Å². The van der Waals surface area contributed by atoms with Crippen LogP contribution in [0.1, 0.15) is 47.6 Å². The molecule has 45 heavy (non-hydrogen) atoms. The quantitative estimate of drug-likeness (QED) is 0.165. The van der Waals surface area contributed by atoms with Crippen LogP contribution in [0.25, 0.3) is 0 Å². The van der Waals surface area contributed by atoms with E-state index in [1.165, 1.54) is 21.3 Å². The molecule has 0 heterocycles. The van der Waals surface area contributed by atoms with Crippen molar-refractivity contribution in [2.45, 2.75) is 64.4 Å². The lowest BCUT2D eigenvalue weighted by Gasteiger charge is -2.34. The van der Waals surface area contributed by atoms with Gasteiger partial charge in [-0.1, -0.05) is 109 Å². The van der Waals surface area contributed by atoms with Crippen LogP contribution in [0.4, 0.5) is 5.69 Å². The Kier molecular flexibility index (Phi) is 11.5. The summed E-state index contributed by atoms with van der Waals surface area (Å²) in [6.45, 7) is 7.98. The summed E-state index contributed by atoms with van der Waals surface area (Å²) in [4.78, 5) is 30.0. The maximum absolute atomic E-state index is 14.6. The molecule has 0 aromatic heterocycles. The first kappa shape index (κ1) is 33.5. The van der Waals surface area contributed by atoms with E-state index in [-0.39, 0.29) is 23.8 Å². The Bertz CT molecular complexity index is 1670. The maximum atomic E-state index is 14.6. The number of carbonyl (C=O) groups is 2. The number of amides is 2. The van der Waals surface area contributed by atoms with Crippen molar-refractivity contribution < 1.29 is 18.0 Å². The fraction of sp³-hybridized carbons (Fsp3) is 0.297. The van der Waals surface area contributed by atoms with E-state index in [9.17, 15) is 18.0 Å². The van der Waals surface area contributed by atoms with Crippen LogP contribution < -0.4 is 9.62 Å². The minimum absolute atomic E-state index is 0.0843. The first-order valence-corrected chi connectivity index (χ1v) is 16.9. The molecule has 8 heteroatoms. The lowest BCUT2D eigenvalue weighted by molar-refractivity contribution is -0.140. The highest BCUT2D eigenvalue weighted by Crippen LogP contribution is 2.28. The Labute approximate surface area is 268 Å². The lowest BCUT2D eigenvalue weighted by atomic mass is 10.0. The van der Waals surface area contributed by atoms with Gasteiger partial charge >= 0.3 is 0 Å². The van der Waals surface area contributed by atoms with E-state index < -0.39 is 28.5 Å². The summed E-state index contributed by atoms with van der Waals surface area (Å²) in [5, 5.41) is 3.03. The van der Waals surface area contributed by atoms with E-state index in [4.69, 9.17) is 0 Å². The summed E-state index contributed by atoms with van der Waals surface area (Å²) in [5.74, 6) is -0.738. The molecule has 2 amide bonds. The highest BCUT2D eigenvalue weighted by molar-refractivity contribution is 7.92. The molecule has 0 fully saturated rings. The Balaban J connectivity index is 1.80. The summed E-state index contributed by atoms with van der Waals surface area (Å²) in [5.41, 5.74) is 4.94. The van der Waals surface area contributed by atoms with Gasteiger partial charge in [-0.2, -0.15) is 0 Å². The van der Waals surface area contributed by atoms with E-state index in [2.05, 4.69) is 12.2 Å². The van der Waals surface area contributed by atoms with Gasteiger partial charge in [0.1, 0.15) is 12.6 Å². The van der Waals surface area contributed by atoms with Crippen LogP contribution >= 0.6 is 0 Å². The van der Waals surface area contributed by atoms with Crippen molar-refractivity contribution in [1.82, 2.24) is 10.2 Å². The highest BCUT2D eigenvalue weighted by atomic mass is 32.2. The fourth-order valence-electron chi connectivity index (χ4n) is 5.27. The molecule has 1 atom stereocenters. The number of benzene rings is 4. The van der Waals surface area contributed by atoms with Crippen LogP contribution in [-0.2, 0) is 32.6 Å². The van der Waals surface area contributed by atoms with Gasteiger partial charge in [0, 0.05) is 19.5 Å². The summed E-state index contributed by atoms with van der Waals surface area (Å²) >= 11 is 0. The lowest BCUT2D eigenvalue weighted by Crippen LogP contribution is -2.53. The van der Waals surface area contributed by atoms with Crippen LogP contribution in [0.3, 0.4) is 0 Å². The van der Waals surface area contributed by atoms with Crippen molar-refractivity contribution >= 4 is 27.5 Å². The summed E-state index contributed by atoms with van der Waals surface area (Å²) < 4.78 is 29.5. The summed E-state index contributed by atoms with van der Waals surface area (Å²) in [6, 6.07) is 30.1. The monoisotopic (exact) mass is 625 g/mol. The number of hydrogen-bond acceptors (Lipinski definition) is 4. The van der Waals surface area contributed by atoms with Crippen molar-refractivity contribution in [1.29, 1.82) is 0 Å². The minimum atomic E-state index is -4.13. The predicted molar refractivity (Wildman–Crippen MR) is 180 cm³/mol. The van der Waals surface area contributed by atoms with E-state index in [0.717, 1.165) is 40.7 Å². The Morgan fingerprint density at radius 3 is 2.02 bits per heavy atom. The number of nitrogens with one attached hydrogen (secondary N) is 1. The number of nitrogens with zero attached hydrogens (tertiary/aromatic N) is 2. The normalized spacial score (nSPS) is 11.9. The number of hydrogen-bond donors (Lipinski definition) is 1. The molecule has 4 aromatic rings. The molecular weight excluding hydrogens is 582 g/mol. The second-order valence-corrected chi connectivity index (χ2v) is 13.3. The van der Waals surface area contributed by atoms with Gasteiger partial charge in [0.2, 0.25) is 11.8 Å². The Morgan fingerprint density at radius 1 is 0.778 bits per heavy atom. The molecule has 0 saturated heterocycles.